The van der Waals surface area contributed by atoms with Crippen molar-refractivity contribution in [1.82, 2.24) is 0 Å². The predicted molar refractivity (Wildman–Crippen MR) is 236 cm³/mol. The van der Waals surface area contributed by atoms with E-state index in [0.717, 1.165) is 0 Å². The molecule has 0 aromatic heterocycles. The summed E-state index contributed by atoms with van der Waals surface area (Å²) in [6.45, 7) is 2.78. The molecule has 0 spiro atoms. The maximum atomic E-state index is 13.8. The Hall–Kier alpha value is -6.36. The molecular weight excluding hydrogens is 857 g/mol. The van der Waals surface area contributed by atoms with Crippen molar-refractivity contribution in [2.45, 2.75) is 68.3 Å². The molecule has 0 aliphatic carbocycles. The molecule has 7 rings (SSSR count). The van der Waals surface area contributed by atoms with Gasteiger partial charge in [-0.25, -0.2) is 24.0 Å². The number of ether oxygens (including phenoxy) is 8. The summed E-state index contributed by atoms with van der Waals surface area (Å²) in [6.07, 6.45) is -12.0. The van der Waals surface area contributed by atoms with E-state index >= 15 is 0 Å². The number of thioether (sulfide) groups is 1. The van der Waals surface area contributed by atoms with Crippen LogP contribution in [0.25, 0.3) is 0 Å². The summed E-state index contributed by atoms with van der Waals surface area (Å²) in [5.74, 6) is -3.77. The van der Waals surface area contributed by atoms with E-state index in [1.54, 1.807) is 127 Å². The van der Waals surface area contributed by atoms with Gasteiger partial charge in [0.25, 0.3) is 0 Å². The zero-order valence-electron chi connectivity index (χ0n) is 35.5. The first-order valence-electron chi connectivity index (χ1n) is 21.1. The van der Waals surface area contributed by atoms with Crippen LogP contribution in [0.1, 0.15) is 65.6 Å². The van der Waals surface area contributed by atoms with Crippen LogP contribution in [-0.2, 0) is 37.9 Å². The van der Waals surface area contributed by atoms with Gasteiger partial charge in [0.1, 0.15) is 49.2 Å². The minimum absolute atomic E-state index is 0.117. The van der Waals surface area contributed by atoms with Crippen LogP contribution >= 0.6 is 11.8 Å². The van der Waals surface area contributed by atoms with Gasteiger partial charge in [0.15, 0.2) is 18.5 Å². The molecule has 338 valence electrons. The Balaban J connectivity index is 1.26. The zero-order chi connectivity index (χ0) is 45.7. The van der Waals surface area contributed by atoms with E-state index in [1.807, 2.05) is 13.8 Å². The SMILES string of the molecule is CCS[C@@H]1OC(COC(=O)c2ccccc2)[C@@H](O[C@H]2OC(COC(=O)c3ccccc3)[C@@H](OC(=O)c3ccccc3)[C@H](OC(=O)c3ccccc3)C2O)C(OC(=O)c2ccccc2)[C@@H]1C. The lowest BCUT2D eigenvalue weighted by Gasteiger charge is -2.48. The number of benzene rings is 5. The Bertz CT molecular complexity index is 2340. The molecule has 2 saturated heterocycles. The molecule has 1 N–H and O–H groups in total. The van der Waals surface area contributed by atoms with E-state index in [-0.39, 0.29) is 27.8 Å². The van der Waals surface area contributed by atoms with E-state index in [9.17, 15) is 29.1 Å². The molecule has 0 radical (unpaired) electrons. The second-order valence-corrected chi connectivity index (χ2v) is 16.5. The molecule has 15 heteroatoms. The third-order valence-electron chi connectivity index (χ3n) is 10.7. The van der Waals surface area contributed by atoms with Crippen LogP contribution in [0.5, 0.6) is 0 Å². The van der Waals surface area contributed by atoms with Gasteiger partial charge in [0.2, 0.25) is 0 Å². The third-order valence-corrected chi connectivity index (χ3v) is 11.9. The highest BCUT2D eigenvalue weighted by molar-refractivity contribution is 7.99. The largest absolute Gasteiger partial charge is 0.459 e. The predicted octanol–water partition coefficient (Wildman–Crippen LogP) is 6.96. The van der Waals surface area contributed by atoms with Gasteiger partial charge in [-0.1, -0.05) is 105 Å². The molecule has 4 unspecified atom stereocenters. The monoisotopic (exact) mass is 904 g/mol. The molecule has 2 fully saturated rings. The summed E-state index contributed by atoms with van der Waals surface area (Å²) in [7, 11) is 0. The molecule has 2 aliphatic heterocycles. The van der Waals surface area contributed by atoms with E-state index in [2.05, 4.69) is 0 Å². The van der Waals surface area contributed by atoms with Crippen molar-refractivity contribution in [1.29, 1.82) is 0 Å². The molecule has 2 aliphatic rings. The lowest BCUT2D eigenvalue weighted by Crippen LogP contribution is -2.65. The van der Waals surface area contributed by atoms with Gasteiger partial charge < -0.3 is 43.0 Å². The summed E-state index contributed by atoms with van der Waals surface area (Å²) in [6, 6.07) is 40.7. The molecule has 0 amide bonds. The minimum Gasteiger partial charge on any atom is -0.459 e. The lowest BCUT2D eigenvalue weighted by molar-refractivity contribution is -0.333. The van der Waals surface area contributed by atoms with Crippen molar-refractivity contribution in [3.05, 3.63) is 179 Å². The molecule has 10 atom stereocenters. The summed E-state index contributed by atoms with van der Waals surface area (Å²) in [5, 5.41) is 12.3. The summed E-state index contributed by atoms with van der Waals surface area (Å²) in [4.78, 5) is 68.0. The molecule has 5 aromatic rings. The molecule has 0 saturated carbocycles. The Morgan fingerprint density at radius 2 is 0.846 bits per heavy atom. The van der Waals surface area contributed by atoms with Gasteiger partial charge >= 0.3 is 29.8 Å². The van der Waals surface area contributed by atoms with E-state index in [1.165, 1.54) is 36.0 Å². The highest BCUT2D eigenvalue weighted by Gasteiger charge is 2.55. The quantitative estimate of drug-likeness (QED) is 0.0793. The highest BCUT2D eigenvalue weighted by atomic mass is 32.2. The average molecular weight is 905 g/mol. The fourth-order valence-electron chi connectivity index (χ4n) is 7.37. The van der Waals surface area contributed by atoms with Crippen LogP contribution in [0.2, 0.25) is 0 Å². The zero-order valence-corrected chi connectivity index (χ0v) is 36.3. The fraction of sp³-hybridized carbons (Fsp3) is 0.300. The maximum Gasteiger partial charge on any atom is 0.338 e. The van der Waals surface area contributed by atoms with Gasteiger partial charge in [-0.05, 0) is 66.4 Å². The fourth-order valence-corrected chi connectivity index (χ4v) is 8.38. The second kappa shape index (κ2) is 22.5. The van der Waals surface area contributed by atoms with Crippen molar-refractivity contribution in [3.8, 4) is 0 Å². The van der Waals surface area contributed by atoms with E-state index in [4.69, 9.17) is 37.9 Å². The van der Waals surface area contributed by atoms with Crippen molar-refractivity contribution in [2.24, 2.45) is 5.92 Å². The summed E-state index contributed by atoms with van der Waals surface area (Å²) < 4.78 is 49.4. The lowest BCUT2D eigenvalue weighted by atomic mass is 9.92. The first-order valence-corrected chi connectivity index (χ1v) is 22.1. The molecule has 2 heterocycles. The van der Waals surface area contributed by atoms with E-state index < -0.39 is 103 Å². The maximum absolute atomic E-state index is 13.8. The van der Waals surface area contributed by atoms with E-state index in [0.29, 0.717) is 5.75 Å². The number of carbonyl (C=O) groups is 5. The van der Waals surface area contributed by atoms with Crippen molar-refractivity contribution in [3.63, 3.8) is 0 Å². The van der Waals surface area contributed by atoms with Crippen LogP contribution in [0, 0.1) is 5.92 Å². The van der Waals surface area contributed by atoms with Gasteiger partial charge in [0, 0.05) is 5.92 Å². The highest BCUT2D eigenvalue weighted by Crippen LogP contribution is 2.39. The first kappa shape index (κ1) is 46.6. The molecular formula is C50H48O14S. The first-order chi connectivity index (χ1) is 31.6. The van der Waals surface area contributed by atoms with Crippen molar-refractivity contribution >= 4 is 41.6 Å². The van der Waals surface area contributed by atoms with Gasteiger partial charge in [-0.15, -0.1) is 11.8 Å². The number of hydrogen-bond acceptors (Lipinski definition) is 15. The van der Waals surface area contributed by atoms with Crippen LogP contribution in [0.15, 0.2) is 152 Å². The summed E-state index contributed by atoms with van der Waals surface area (Å²) in [5.41, 5.74) is 0.409. The number of carbonyl (C=O) groups excluding carboxylic acids is 5. The molecule has 14 nitrogen and oxygen atoms in total. The topological polar surface area (TPSA) is 179 Å². The van der Waals surface area contributed by atoms with Gasteiger partial charge in [-0.3, -0.25) is 0 Å². The minimum atomic E-state index is -1.91. The van der Waals surface area contributed by atoms with Crippen LogP contribution in [-0.4, -0.2) is 108 Å². The Kier molecular flexibility index (Phi) is 16.1. The molecule has 0 bridgehead atoms. The molecule has 5 aromatic carbocycles. The smallest absolute Gasteiger partial charge is 0.338 e. The number of esters is 5. The van der Waals surface area contributed by atoms with Gasteiger partial charge in [0.05, 0.1) is 27.8 Å². The van der Waals surface area contributed by atoms with Crippen LogP contribution in [0.4, 0.5) is 0 Å². The number of rotatable bonds is 16. The van der Waals surface area contributed by atoms with Crippen LogP contribution in [0.3, 0.4) is 0 Å². The Labute approximate surface area is 380 Å². The van der Waals surface area contributed by atoms with Gasteiger partial charge in [-0.2, -0.15) is 0 Å². The number of aliphatic hydroxyl groups excluding tert-OH is 1. The summed E-state index contributed by atoms with van der Waals surface area (Å²) >= 11 is 1.44. The van der Waals surface area contributed by atoms with Crippen LogP contribution < -0.4 is 0 Å². The average Bonchev–Trinajstić information content (AvgIpc) is 3.35. The standard InChI is InChI=1S/C50H48O14S/c1-3-65-50-31(2)40(61-46(54)34-23-13-6-14-24-34)41(38(60-50)30-58-45(53)33-21-11-5-12-22-33)64-49-39(51)43(63-48(56)36-27-17-8-18-28-36)42(62-47(55)35-25-15-7-16-26-35)37(59-49)29-57-44(52)32-19-9-4-10-20-32/h4-28,31,37-43,49-51H,3,29-30H2,1-2H3/t31-,37?,38?,39?,40?,41+,42+,43+,49+,50-/m0/s1. The van der Waals surface area contributed by atoms with Crippen molar-refractivity contribution < 1.29 is 67.0 Å². The van der Waals surface area contributed by atoms with Crippen molar-refractivity contribution in [2.75, 3.05) is 19.0 Å². The number of hydrogen-bond donors (Lipinski definition) is 1. The number of aliphatic hydroxyl groups is 1. The molecule has 65 heavy (non-hydrogen) atoms. The Morgan fingerprint density at radius 3 is 1.25 bits per heavy atom. The third kappa shape index (κ3) is 11.9. The second-order valence-electron chi connectivity index (χ2n) is 15.1. The normalized spacial score (nSPS) is 25.0. The Morgan fingerprint density at radius 1 is 0.492 bits per heavy atom.